The second-order valence-corrected chi connectivity index (χ2v) is 9.06. The second-order valence-electron chi connectivity index (χ2n) is 9.06. The Balaban J connectivity index is 1.27. The van der Waals surface area contributed by atoms with E-state index in [0.29, 0.717) is 72.7 Å². The molecule has 0 radical (unpaired) electrons. The lowest BCUT2D eigenvalue weighted by atomic mass is 9.80. The van der Waals surface area contributed by atoms with E-state index < -0.39 is 11.6 Å². The first-order valence-corrected chi connectivity index (χ1v) is 14.3. The first-order valence-electron chi connectivity index (χ1n) is 14.3. The smallest absolute Gasteiger partial charge is 0.330 e. The van der Waals surface area contributed by atoms with Crippen LogP contribution < -0.4 is 0 Å². The molecule has 0 bridgehead atoms. The summed E-state index contributed by atoms with van der Waals surface area (Å²) >= 11 is 0. The summed E-state index contributed by atoms with van der Waals surface area (Å²) in [5.74, 6) is -0.457. The van der Waals surface area contributed by atoms with E-state index in [1.54, 1.807) is 0 Å². The molecule has 0 aliphatic rings. The van der Waals surface area contributed by atoms with Crippen molar-refractivity contribution in [2.75, 3.05) is 79.3 Å². The Kier molecular flexibility index (Phi) is 16.2. The molecule has 0 spiro atoms. The van der Waals surface area contributed by atoms with Crippen molar-refractivity contribution in [2.45, 2.75) is 5.60 Å². The average Bonchev–Trinajstić information content (AvgIpc) is 3.05. The predicted octanol–water partition coefficient (Wildman–Crippen LogP) is 4.81. The molecule has 3 aromatic carbocycles. The van der Waals surface area contributed by atoms with Gasteiger partial charge in [-0.1, -0.05) is 97.6 Å². The minimum Gasteiger partial charge on any atom is -0.460 e. The number of carbonyl (C=O) groups is 1. The van der Waals surface area contributed by atoms with E-state index in [4.69, 9.17) is 33.2 Å². The van der Waals surface area contributed by atoms with Gasteiger partial charge in [0.15, 0.2) is 0 Å². The molecule has 3 rings (SSSR count). The van der Waals surface area contributed by atoms with Gasteiger partial charge in [-0.05, 0) is 16.7 Å². The van der Waals surface area contributed by atoms with Crippen LogP contribution in [0.15, 0.2) is 104 Å². The number of ether oxygens (including phenoxy) is 7. The van der Waals surface area contributed by atoms with Crippen molar-refractivity contribution in [3.63, 3.8) is 0 Å². The summed E-state index contributed by atoms with van der Waals surface area (Å²) in [5, 5.41) is 0. The van der Waals surface area contributed by atoms with Crippen molar-refractivity contribution < 1.29 is 38.0 Å². The van der Waals surface area contributed by atoms with Gasteiger partial charge in [0.2, 0.25) is 0 Å². The first kappa shape index (κ1) is 33.1. The zero-order valence-corrected chi connectivity index (χ0v) is 24.2. The van der Waals surface area contributed by atoms with E-state index in [1.807, 2.05) is 54.6 Å². The Labute approximate surface area is 249 Å². The summed E-state index contributed by atoms with van der Waals surface area (Å²) in [6, 6.07) is 30.9. The normalized spacial score (nSPS) is 11.3. The fourth-order valence-corrected chi connectivity index (χ4v) is 4.26. The SMILES string of the molecule is C=CC(=O)OCCOCCOCCOCCOCCOCCOC(c1ccccc1)(c1ccccc1)c1ccccc1. The molecular weight excluding hydrogens is 536 g/mol. The van der Waals surface area contributed by atoms with Crippen molar-refractivity contribution in [2.24, 2.45) is 0 Å². The Morgan fingerprint density at radius 1 is 0.500 bits per heavy atom. The lowest BCUT2D eigenvalue weighted by molar-refractivity contribution is -0.139. The second kappa shape index (κ2) is 20.5. The molecule has 0 saturated carbocycles. The Hall–Kier alpha value is -3.37. The third kappa shape index (κ3) is 11.5. The van der Waals surface area contributed by atoms with Gasteiger partial charge in [0.25, 0.3) is 0 Å². The van der Waals surface area contributed by atoms with Crippen LogP contribution in [0.2, 0.25) is 0 Å². The Morgan fingerprint density at radius 3 is 1.14 bits per heavy atom. The van der Waals surface area contributed by atoms with E-state index in [1.165, 1.54) is 0 Å². The van der Waals surface area contributed by atoms with Gasteiger partial charge in [0.1, 0.15) is 12.2 Å². The molecule has 0 heterocycles. The van der Waals surface area contributed by atoms with Crippen LogP contribution in [0.4, 0.5) is 0 Å². The molecule has 8 nitrogen and oxygen atoms in total. The lowest BCUT2D eigenvalue weighted by Gasteiger charge is -2.36. The summed E-state index contributed by atoms with van der Waals surface area (Å²) in [4.78, 5) is 10.9. The van der Waals surface area contributed by atoms with Crippen LogP contribution in [0.5, 0.6) is 0 Å². The number of rotatable bonds is 23. The van der Waals surface area contributed by atoms with Crippen molar-refractivity contribution in [1.82, 2.24) is 0 Å². The maximum Gasteiger partial charge on any atom is 0.330 e. The van der Waals surface area contributed by atoms with Crippen LogP contribution in [0, 0.1) is 0 Å². The van der Waals surface area contributed by atoms with Crippen LogP contribution >= 0.6 is 0 Å². The molecule has 0 saturated heterocycles. The molecule has 0 unspecified atom stereocenters. The maximum atomic E-state index is 10.9. The molecule has 0 aliphatic heterocycles. The molecule has 0 N–H and O–H groups in total. The topological polar surface area (TPSA) is 81.7 Å². The molecular formula is C34H42O8. The lowest BCUT2D eigenvalue weighted by Crippen LogP contribution is -2.34. The van der Waals surface area contributed by atoms with E-state index >= 15 is 0 Å². The highest BCUT2D eigenvalue weighted by molar-refractivity contribution is 5.81. The summed E-state index contributed by atoms with van der Waals surface area (Å²) in [5.41, 5.74) is 2.44. The van der Waals surface area contributed by atoms with E-state index in [2.05, 4.69) is 43.0 Å². The van der Waals surface area contributed by atoms with Gasteiger partial charge in [-0.25, -0.2) is 4.79 Å². The van der Waals surface area contributed by atoms with Crippen LogP contribution in [0.1, 0.15) is 16.7 Å². The van der Waals surface area contributed by atoms with Crippen LogP contribution in [0.25, 0.3) is 0 Å². The van der Waals surface area contributed by atoms with E-state index in [-0.39, 0.29) is 6.61 Å². The summed E-state index contributed by atoms with van der Waals surface area (Å²) in [7, 11) is 0. The first-order chi connectivity index (χ1) is 20.8. The van der Waals surface area contributed by atoms with E-state index in [0.717, 1.165) is 22.8 Å². The zero-order valence-electron chi connectivity index (χ0n) is 24.2. The highest BCUT2D eigenvalue weighted by atomic mass is 16.6. The third-order valence-corrected chi connectivity index (χ3v) is 6.21. The van der Waals surface area contributed by atoms with Crippen LogP contribution in [-0.4, -0.2) is 85.3 Å². The monoisotopic (exact) mass is 578 g/mol. The van der Waals surface area contributed by atoms with Crippen molar-refractivity contribution in [3.8, 4) is 0 Å². The van der Waals surface area contributed by atoms with Gasteiger partial charge in [0, 0.05) is 6.08 Å². The largest absolute Gasteiger partial charge is 0.460 e. The van der Waals surface area contributed by atoms with Crippen molar-refractivity contribution in [3.05, 3.63) is 120 Å². The molecule has 0 aromatic heterocycles. The fourth-order valence-electron chi connectivity index (χ4n) is 4.26. The minimum atomic E-state index is -0.750. The van der Waals surface area contributed by atoms with E-state index in [9.17, 15) is 4.79 Å². The zero-order chi connectivity index (χ0) is 29.6. The maximum absolute atomic E-state index is 10.9. The Morgan fingerprint density at radius 2 is 0.810 bits per heavy atom. The number of hydrogen-bond acceptors (Lipinski definition) is 8. The van der Waals surface area contributed by atoms with Gasteiger partial charge >= 0.3 is 5.97 Å². The molecule has 42 heavy (non-hydrogen) atoms. The van der Waals surface area contributed by atoms with Crippen LogP contribution in [0.3, 0.4) is 0 Å². The third-order valence-electron chi connectivity index (χ3n) is 6.21. The molecule has 0 amide bonds. The van der Waals surface area contributed by atoms with Gasteiger partial charge in [0.05, 0.1) is 72.7 Å². The molecule has 0 fully saturated rings. The minimum absolute atomic E-state index is 0.199. The number of benzene rings is 3. The number of carbonyl (C=O) groups excluding carboxylic acids is 1. The summed E-state index contributed by atoms with van der Waals surface area (Å²) < 4.78 is 39.1. The van der Waals surface area contributed by atoms with Gasteiger partial charge in [-0.15, -0.1) is 0 Å². The van der Waals surface area contributed by atoms with Gasteiger partial charge in [-0.3, -0.25) is 0 Å². The van der Waals surface area contributed by atoms with Crippen LogP contribution in [-0.2, 0) is 43.6 Å². The average molecular weight is 579 g/mol. The number of esters is 1. The van der Waals surface area contributed by atoms with Gasteiger partial charge in [-0.2, -0.15) is 0 Å². The standard InChI is InChI=1S/C34H42O8/c1-2-33(35)41-28-26-39-24-22-37-20-18-36-19-21-38-23-25-40-27-29-42-34(30-12-6-3-7-13-30,31-14-8-4-9-15-31)32-16-10-5-11-17-32/h2-17H,1,18-29H2. The van der Waals surface area contributed by atoms with Crippen molar-refractivity contribution in [1.29, 1.82) is 0 Å². The summed E-state index contributed by atoms with van der Waals surface area (Å²) in [6.07, 6.45) is 1.12. The molecule has 3 aromatic rings. The molecule has 226 valence electrons. The molecule has 0 aliphatic carbocycles. The molecule has 8 heteroatoms. The van der Waals surface area contributed by atoms with Crippen molar-refractivity contribution >= 4 is 5.97 Å². The number of hydrogen-bond donors (Lipinski definition) is 0. The highest BCUT2D eigenvalue weighted by Crippen LogP contribution is 2.40. The highest BCUT2D eigenvalue weighted by Gasteiger charge is 2.37. The Bertz CT molecular complexity index is 1010. The molecule has 0 atom stereocenters. The fraction of sp³-hybridized carbons (Fsp3) is 0.382. The summed E-state index contributed by atoms with van der Waals surface area (Å²) in [6.45, 7) is 8.40. The predicted molar refractivity (Wildman–Crippen MR) is 160 cm³/mol. The van der Waals surface area contributed by atoms with Gasteiger partial charge < -0.3 is 33.2 Å². The quantitative estimate of drug-likeness (QED) is 0.0687.